The van der Waals surface area contributed by atoms with Crippen LogP contribution in [0.1, 0.15) is 50.8 Å². The van der Waals surface area contributed by atoms with E-state index in [0.717, 1.165) is 18.8 Å². The summed E-state index contributed by atoms with van der Waals surface area (Å²) in [5, 5.41) is 11.6. The second-order valence-electron chi connectivity index (χ2n) is 6.57. The molecule has 1 saturated carbocycles. The van der Waals surface area contributed by atoms with Crippen LogP contribution in [0.15, 0.2) is 17.5 Å². The molecular formula is C18H28N2S. The van der Waals surface area contributed by atoms with Crippen molar-refractivity contribution in [1.29, 1.82) is 5.26 Å². The zero-order valence-electron chi connectivity index (χ0n) is 13.6. The van der Waals surface area contributed by atoms with Gasteiger partial charge >= 0.3 is 0 Å². The number of hydrogen-bond acceptors (Lipinski definition) is 3. The molecule has 1 aliphatic rings. The molecule has 0 radical (unpaired) electrons. The van der Waals surface area contributed by atoms with Crippen molar-refractivity contribution >= 4 is 11.3 Å². The average Bonchev–Trinajstić information content (AvgIpc) is 2.99. The van der Waals surface area contributed by atoms with E-state index < -0.39 is 0 Å². The summed E-state index contributed by atoms with van der Waals surface area (Å²) in [6, 6.07) is 7.86. The van der Waals surface area contributed by atoms with Crippen LogP contribution in [0.2, 0.25) is 0 Å². The van der Waals surface area contributed by atoms with Crippen LogP contribution in [-0.4, -0.2) is 24.0 Å². The Hall–Kier alpha value is -0.850. The van der Waals surface area contributed by atoms with Crippen molar-refractivity contribution in [2.24, 2.45) is 11.8 Å². The first-order valence-electron chi connectivity index (χ1n) is 8.29. The number of nitrogens with zero attached hydrogens (tertiary/aromatic N) is 2. The second-order valence-corrected chi connectivity index (χ2v) is 7.60. The Labute approximate surface area is 133 Å². The number of rotatable bonds is 6. The van der Waals surface area contributed by atoms with E-state index in [1.807, 2.05) is 11.3 Å². The van der Waals surface area contributed by atoms with Crippen molar-refractivity contribution in [2.45, 2.75) is 64.5 Å². The fourth-order valence-electron chi connectivity index (χ4n) is 3.69. The van der Waals surface area contributed by atoms with Gasteiger partial charge in [-0.15, -0.1) is 11.3 Å². The van der Waals surface area contributed by atoms with Crippen LogP contribution in [-0.2, 0) is 6.42 Å². The standard InChI is InChI=1S/C18H28N2S/c1-4-6-15-8-9-16(13-19)18(12-15)20(3)14(2)11-17-7-5-10-21-17/h5,7,10,14-16,18H,4,6,8-9,11-12H2,1-3H3. The highest BCUT2D eigenvalue weighted by atomic mass is 32.1. The normalized spacial score (nSPS) is 27.5. The predicted octanol–water partition coefficient (Wildman–Crippen LogP) is 4.72. The van der Waals surface area contributed by atoms with Crippen LogP contribution in [0.25, 0.3) is 0 Å². The Morgan fingerprint density at radius 2 is 2.29 bits per heavy atom. The van der Waals surface area contributed by atoms with E-state index in [2.05, 4.69) is 49.4 Å². The fourth-order valence-corrected chi connectivity index (χ4v) is 4.52. The largest absolute Gasteiger partial charge is 0.299 e. The van der Waals surface area contributed by atoms with Crippen LogP contribution in [0, 0.1) is 23.2 Å². The van der Waals surface area contributed by atoms with E-state index in [1.165, 1.54) is 30.6 Å². The van der Waals surface area contributed by atoms with Crippen LogP contribution in [0.5, 0.6) is 0 Å². The maximum atomic E-state index is 9.49. The molecule has 0 saturated heterocycles. The minimum atomic E-state index is 0.217. The van der Waals surface area contributed by atoms with Crippen molar-refractivity contribution < 1.29 is 0 Å². The summed E-state index contributed by atoms with van der Waals surface area (Å²) in [5.74, 6) is 1.04. The van der Waals surface area contributed by atoms with Gasteiger partial charge in [0, 0.05) is 17.0 Å². The van der Waals surface area contributed by atoms with Gasteiger partial charge in [-0.25, -0.2) is 0 Å². The van der Waals surface area contributed by atoms with Gasteiger partial charge in [-0.2, -0.15) is 5.26 Å². The molecule has 1 heterocycles. The van der Waals surface area contributed by atoms with Crippen LogP contribution < -0.4 is 0 Å². The maximum absolute atomic E-state index is 9.49. The first kappa shape index (κ1) is 16.5. The lowest BCUT2D eigenvalue weighted by atomic mass is 9.76. The molecule has 0 aromatic carbocycles. The number of nitriles is 1. The molecule has 1 aromatic rings. The Morgan fingerprint density at radius 1 is 1.48 bits per heavy atom. The highest BCUT2D eigenvalue weighted by Gasteiger charge is 2.34. The van der Waals surface area contributed by atoms with Gasteiger partial charge in [-0.3, -0.25) is 4.90 Å². The van der Waals surface area contributed by atoms with Gasteiger partial charge in [0.2, 0.25) is 0 Å². The van der Waals surface area contributed by atoms with E-state index in [-0.39, 0.29) is 5.92 Å². The molecule has 2 nitrogen and oxygen atoms in total. The van der Waals surface area contributed by atoms with Crippen molar-refractivity contribution in [2.75, 3.05) is 7.05 Å². The first-order valence-corrected chi connectivity index (χ1v) is 9.17. The first-order chi connectivity index (χ1) is 10.2. The van der Waals surface area contributed by atoms with Crippen LogP contribution in [0.4, 0.5) is 0 Å². The quantitative estimate of drug-likeness (QED) is 0.760. The summed E-state index contributed by atoms with van der Waals surface area (Å²) in [6.07, 6.45) is 7.22. The van der Waals surface area contributed by atoms with Crippen LogP contribution in [0.3, 0.4) is 0 Å². The third kappa shape index (κ3) is 4.31. The summed E-state index contributed by atoms with van der Waals surface area (Å²) < 4.78 is 0. The number of hydrogen-bond donors (Lipinski definition) is 0. The fraction of sp³-hybridized carbons (Fsp3) is 0.722. The SMILES string of the molecule is CCCC1CCC(C#N)C(N(C)C(C)Cc2cccs2)C1. The molecular weight excluding hydrogens is 276 g/mol. The molecule has 1 fully saturated rings. The molecule has 2 rings (SSSR count). The van der Waals surface area contributed by atoms with Gasteiger partial charge in [-0.1, -0.05) is 25.8 Å². The monoisotopic (exact) mass is 304 g/mol. The Kier molecular flexibility index (Phi) is 6.26. The summed E-state index contributed by atoms with van der Waals surface area (Å²) >= 11 is 1.84. The summed E-state index contributed by atoms with van der Waals surface area (Å²) in [4.78, 5) is 3.93. The molecule has 0 amide bonds. The lowest BCUT2D eigenvalue weighted by Crippen LogP contribution is -2.46. The molecule has 0 N–H and O–H groups in total. The van der Waals surface area contributed by atoms with E-state index in [4.69, 9.17) is 0 Å². The smallest absolute Gasteiger partial charge is 0.0672 e. The molecule has 3 heteroatoms. The number of thiophene rings is 1. The molecule has 4 atom stereocenters. The van der Waals surface area contributed by atoms with E-state index in [1.54, 1.807) is 0 Å². The Morgan fingerprint density at radius 3 is 2.90 bits per heavy atom. The minimum absolute atomic E-state index is 0.217. The molecule has 116 valence electrons. The third-order valence-electron chi connectivity index (χ3n) is 5.08. The topological polar surface area (TPSA) is 27.0 Å². The zero-order valence-corrected chi connectivity index (χ0v) is 14.4. The second kappa shape index (κ2) is 7.96. The number of likely N-dealkylation sites (N-methyl/N-ethyl adjacent to an activating group) is 1. The van der Waals surface area contributed by atoms with Crippen molar-refractivity contribution in [3.63, 3.8) is 0 Å². The highest BCUT2D eigenvalue weighted by Crippen LogP contribution is 2.35. The van der Waals surface area contributed by atoms with Gasteiger partial charge in [0.1, 0.15) is 0 Å². The van der Waals surface area contributed by atoms with Gasteiger partial charge < -0.3 is 0 Å². The van der Waals surface area contributed by atoms with Crippen LogP contribution >= 0.6 is 11.3 Å². The molecule has 0 aliphatic heterocycles. The third-order valence-corrected chi connectivity index (χ3v) is 5.98. The van der Waals surface area contributed by atoms with Crippen molar-refractivity contribution in [3.05, 3.63) is 22.4 Å². The lowest BCUT2D eigenvalue weighted by Gasteiger charge is -2.41. The summed E-state index contributed by atoms with van der Waals surface area (Å²) in [6.45, 7) is 4.58. The molecule has 0 spiro atoms. The summed E-state index contributed by atoms with van der Waals surface area (Å²) in [5.41, 5.74) is 0. The summed E-state index contributed by atoms with van der Waals surface area (Å²) in [7, 11) is 2.22. The Bertz CT molecular complexity index is 448. The average molecular weight is 305 g/mol. The minimum Gasteiger partial charge on any atom is -0.299 e. The van der Waals surface area contributed by atoms with Gasteiger partial charge in [0.05, 0.1) is 12.0 Å². The van der Waals surface area contributed by atoms with Crippen molar-refractivity contribution in [3.8, 4) is 6.07 Å². The van der Waals surface area contributed by atoms with Gasteiger partial charge in [0.25, 0.3) is 0 Å². The zero-order chi connectivity index (χ0) is 15.2. The highest BCUT2D eigenvalue weighted by molar-refractivity contribution is 7.09. The molecule has 1 aliphatic carbocycles. The molecule has 1 aromatic heterocycles. The van der Waals surface area contributed by atoms with Gasteiger partial charge in [0.15, 0.2) is 0 Å². The van der Waals surface area contributed by atoms with Crippen molar-refractivity contribution in [1.82, 2.24) is 4.90 Å². The Balaban J connectivity index is 1.99. The molecule has 4 unspecified atom stereocenters. The van der Waals surface area contributed by atoms with Gasteiger partial charge in [-0.05, 0) is 57.0 Å². The molecule has 21 heavy (non-hydrogen) atoms. The van der Waals surface area contributed by atoms with E-state index in [0.29, 0.717) is 12.1 Å². The van der Waals surface area contributed by atoms with E-state index >= 15 is 0 Å². The van der Waals surface area contributed by atoms with E-state index in [9.17, 15) is 5.26 Å². The lowest BCUT2D eigenvalue weighted by molar-refractivity contribution is 0.0908. The predicted molar refractivity (Wildman–Crippen MR) is 90.4 cm³/mol. The molecule has 0 bridgehead atoms. The maximum Gasteiger partial charge on any atom is 0.0672 e.